The van der Waals surface area contributed by atoms with Gasteiger partial charge in [0, 0.05) is 24.7 Å². The summed E-state index contributed by atoms with van der Waals surface area (Å²) in [4.78, 5) is 14.9. The van der Waals surface area contributed by atoms with Crippen molar-refractivity contribution in [1.29, 1.82) is 0 Å². The fourth-order valence-corrected chi connectivity index (χ4v) is 3.73. The summed E-state index contributed by atoms with van der Waals surface area (Å²) in [6.45, 7) is 3.73. The van der Waals surface area contributed by atoms with Gasteiger partial charge in [0.1, 0.15) is 0 Å². The van der Waals surface area contributed by atoms with Gasteiger partial charge in [-0.2, -0.15) is 0 Å². The highest BCUT2D eigenvalue weighted by atomic mass is 16.5. The zero-order valence-electron chi connectivity index (χ0n) is 17.9. The molecule has 1 amide bonds. The van der Waals surface area contributed by atoms with Gasteiger partial charge >= 0.3 is 0 Å². The molecular formula is C24H30N2O4. The summed E-state index contributed by atoms with van der Waals surface area (Å²) in [5.74, 6) is 1.43. The summed E-state index contributed by atoms with van der Waals surface area (Å²) in [5, 5.41) is 2.98. The average Bonchev–Trinajstić information content (AvgIpc) is 3.29. The third kappa shape index (κ3) is 5.33. The van der Waals surface area contributed by atoms with Crippen LogP contribution in [0.4, 0.5) is 0 Å². The Morgan fingerprint density at radius 1 is 0.967 bits per heavy atom. The number of rotatable bonds is 9. The molecule has 3 rings (SSSR count). The second-order valence-corrected chi connectivity index (χ2v) is 7.23. The number of carbonyl (C=O) groups excluding carboxylic acids is 1. The highest BCUT2D eigenvalue weighted by Crippen LogP contribution is 2.40. The molecule has 6 nitrogen and oxygen atoms in total. The van der Waals surface area contributed by atoms with Crippen LogP contribution in [0, 0.1) is 0 Å². The van der Waals surface area contributed by atoms with Crippen LogP contribution in [-0.2, 0) is 17.9 Å². The van der Waals surface area contributed by atoms with Crippen LogP contribution in [0.5, 0.6) is 17.2 Å². The van der Waals surface area contributed by atoms with Gasteiger partial charge in [0.25, 0.3) is 0 Å². The topological polar surface area (TPSA) is 60.0 Å². The monoisotopic (exact) mass is 410 g/mol. The van der Waals surface area contributed by atoms with Crippen molar-refractivity contribution in [2.75, 3.05) is 34.4 Å². The lowest BCUT2D eigenvalue weighted by atomic mass is 10.1. The zero-order chi connectivity index (χ0) is 21.3. The van der Waals surface area contributed by atoms with Crippen molar-refractivity contribution in [2.45, 2.75) is 25.9 Å². The zero-order valence-corrected chi connectivity index (χ0v) is 17.9. The van der Waals surface area contributed by atoms with Gasteiger partial charge in [0.05, 0.1) is 21.3 Å². The second-order valence-electron chi connectivity index (χ2n) is 7.23. The van der Waals surface area contributed by atoms with E-state index in [1.54, 1.807) is 33.5 Å². The Hall–Kier alpha value is -2.99. The molecular weight excluding hydrogens is 380 g/mol. The van der Waals surface area contributed by atoms with Gasteiger partial charge in [0.2, 0.25) is 11.7 Å². The molecule has 1 aliphatic heterocycles. The van der Waals surface area contributed by atoms with Crippen LogP contribution in [0.2, 0.25) is 0 Å². The Labute approximate surface area is 178 Å². The summed E-state index contributed by atoms with van der Waals surface area (Å²) >= 11 is 0. The predicted molar refractivity (Wildman–Crippen MR) is 118 cm³/mol. The van der Waals surface area contributed by atoms with Crippen LogP contribution in [0.25, 0.3) is 6.08 Å². The van der Waals surface area contributed by atoms with Crippen LogP contribution in [0.15, 0.2) is 42.5 Å². The Balaban J connectivity index is 1.65. The van der Waals surface area contributed by atoms with Crippen LogP contribution >= 0.6 is 0 Å². The lowest BCUT2D eigenvalue weighted by Crippen LogP contribution is -2.23. The summed E-state index contributed by atoms with van der Waals surface area (Å²) in [7, 11) is 4.69. The van der Waals surface area contributed by atoms with Gasteiger partial charge in [-0.25, -0.2) is 0 Å². The summed E-state index contributed by atoms with van der Waals surface area (Å²) in [6, 6.07) is 11.9. The molecule has 0 aromatic heterocycles. The molecule has 0 aliphatic carbocycles. The molecule has 2 aromatic carbocycles. The first kappa shape index (κ1) is 21.7. The number of nitrogens with one attached hydrogen (secondary N) is 1. The van der Waals surface area contributed by atoms with Gasteiger partial charge in [0.15, 0.2) is 11.5 Å². The van der Waals surface area contributed by atoms with Crippen molar-refractivity contribution in [3.63, 3.8) is 0 Å². The summed E-state index contributed by atoms with van der Waals surface area (Å²) in [6.07, 6.45) is 5.76. The first-order valence-corrected chi connectivity index (χ1v) is 10.2. The highest BCUT2D eigenvalue weighted by Gasteiger charge is 2.15. The van der Waals surface area contributed by atoms with E-state index in [1.165, 1.54) is 24.5 Å². The van der Waals surface area contributed by atoms with Crippen LogP contribution in [-0.4, -0.2) is 45.2 Å². The maximum atomic E-state index is 12.4. The van der Waals surface area contributed by atoms with Crippen molar-refractivity contribution in [2.24, 2.45) is 0 Å². The van der Waals surface area contributed by atoms with Crippen LogP contribution in [0.1, 0.15) is 29.5 Å². The molecule has 0 bridgehead atoms. The fourth-order valence-electron chi connectivity index (χ4n) is 3.73. The van der Waals surface area contributed by atoms with E-state index >= 15 is 0 Å². The number of hydrogen-bond donors (Lipinski definition) is 1. The van der Waals surface area contributed by atoms with E-state index in [0.717, 1.165) is 30.8 Å². The minimum absolute atomic E-state index is 0.164. The Kier molecular flexibility index (Phi) is 7.74. The van der Waals surface area contributed by atoms with Gasteiger partial charge in [-0.3, -0.25) is 9.69 Å². The Morgan fingerprint density at radius 2 is 1.67 bits per heavy atom. The first-order chi connectivity index (χ1) is 14.7. The number of hydrogen-bond acceptors (Lipinski definition) is 5. The maximum Gasteiger partial charge on any atom is 0.244 e. The molecule has 1 saturated heterocycles. The summed E-state index contributed by atoms with van der Waals surface area (Å²) in [5.41, 5.74) is 3.15. The van der Waals surface area contributed by atoms with E-state index in [2.05, 4.69) is 28.4 Å². The van der Waals surface area contributed by atoms with E-state index < -0.39 is 0 Å². The molecule has 0 spiro atoms. The Bertz CT molecular complexity index is 889. The van der Waals surface area contributed by atoms with Gasteiger partial charge < -0.3 is 19.5 Å². The molecule has 0 unspecified atom stereocenters. The molecule has 30 heavy (non-hydrogen) atoms. The van der Waals surface area contributed by atoms with Crippen LogP contribution in [0.3, 0.4) is 0 Å². The maximum absolute atomic E-state index is 12.4. The molecule has 1 N–H and O–H groups in total. The van der Waals surface area contributed by atoms with E-state index in [9.17, 15) is 4.79 Å². The third-order valence-electron chi connectivity index (χ3n) is 5.31. The standard InChI is InChI=1S/C24H30N2O4/c1-28-21-12-10-18(23(29-2)24(21)30-3)11-13-22(27)25-16-19-8-4-5-9-20(19)17-26-14-6-7-15-26/h4-5,8-13H,6-7,14-17H2,1-3H3,(H,25,27)/b13-11+. The number of ether oxygens (including phenoxy) is 3. The lowest BCUT2D eigenvalue weighted by molar-refractivity contribution is -0.116. The predicted octanol–water partition coefficient (Wildman–Crippen LogP) is 3.64. The molecule has 1 heterocycles. The minimum atomic E-state index is -0.164. The number of likely N-dealkylation sites (tertiary alicyclic amines) is 1. The van der Waals surface area contributed by atoms with Crippen molar-refractivity contribution in [3.05, 3.63) is 59.2 Å². The lowest BCUT2D eigenvalue weighted by Gasteiger charge is -2.17. The van der Waals surface area contributed by atoms with Crippen molar-refractivity contribution >= 4 is 12.0 Å². The quantitative estimate of drug-likeness (QED) is 0.640. The normalized spacial score (nSPS) is 14.1. The smallest absolute Gasteiger partial charge is 0.244 e. The van der Waals surface area contributed by atoms with Gasteiger partial charge in [-0.15, -0.1) is 0 Å². The number of benzene rings is 2. The highest BCUT2D eigenvalue weighted by molar-refractivity contribution is 5.92. The Morgan fingerprint density at radius 3 is 2.33 bits per heavy atom. The van der Waals surface area contributed by atoms with Gasteiger partial charge in [-0.1, -0.05) is 24.3 Å². The third-order valence-corrected chi connectivity index (χ3v) is 5.31. The molecule has 1 aliphatic rings. The number of methoxy groups -OCH3 is 3. The fraction of sp³-hybridized carbons (Fsp3) is 0.375. The van der Waals surface area contributed by atoms with Gasteiger partial charge in [-0.05, 0) is 55.3 Å². The molecule has 0 saturated carbocycles. The van der Waals surface area contributed by atoms with Crippen molar-refractivity contribution in [3.8, 4) is 17.2 Å². The molecule has 2 aromatic rings. The molecule has 0 atom stereocenters. The van der Waals surface area contributed by atoms with Crippen molar-refractivity contribution in [1.82, 2.24) is 10.2 Å². The first-order valence-electron chi connectivity index (χ1n) is 10.2. The van der Waals surface area contributed by atoms with E-state index in [0.29, 0.717) is 23.8 Å². The average molecular weight is 411 g/mol. The largest absolute Gasteiger partial charge is 0.493 e. The number of nitrogens with zero attached hydrogens (tertiary/aromatic N) is 1. The van der Waals surface area contributed by atoms with Crippen molar-refractivity contribution < 1.29 is 19.0 Å². The van der Waals surface area contributed by atoms with E-state index in [-0.39, 0.29) is 5.91 Å². The molecule has 6 heteroatoms. The molecule has 160 valence electrons. The number of amides is 1. The SMILES string of the molecule is COc1ccc(/C=C/C(=O)NCc2ccccc2CN2CCCC2)c(OC)c1OC. The van der Waals surface area contributed by atoms with Crippen LogP contribution < -0.4 is 19.5 Å². The minimum Gasteiger partial charge on any atom is -0.493 e. The van der Waals surface area contributed by atoms with E-state index in [1.807, 2.05) is 12.1 Å². The molecule has 0 radical (unpaired) electrons. The summed E-state index contributed by atoms with van der Waals surface area (Å²) < 4.78 is 16.1. The molecule has 1 fully saturated rings. The number of carbonyl (C=O) groups is 1. The van der Waals surface area contributed by atoms with E-state index in [4.69, 9.17) is 14.2 Å². The second kappa shape index (κ2) is 10.7.